The highest BCUT2D eigenvalue weighted by Crippen LogP contribution is 2.25. The molecule has 3 nitrogen and oxygen atoms in total. The van der Waals surface area contributed by atoms with Gasteiger partial charge in [-0.3, -0.25) is 4.98 Å². The maximum atomic E-state index is 6.04. The maximum Gasteiger partial charge on any atom is 0.126 e. The van der Waals surface area contributed by atoms with Gasteiger partial charge in [-0.05, 0) is 48.9 Å². The van der Waals surface area contributed by atoms with E-state index in [0.717, 1.165) is 23.3 Å². The second-order valence-electron chi connectivity index (χ2n) is 4.29. The van der Waals surface area contributed by atoms with E-state index in [1.165, 1.54) is 0 Å². The third-order valence-corrected chi connectivity index (χ3v) is 2.97. The van der Waals surface area contributed by atoms with Gasteiger partial charge in [0.2, 0.25) is 0 Å². The van der Waals surface area contributed by atoms with Gasteiger partial charge in [0.25, 0.3) is 0 Å². The maximum absolute atomic E-state index is 6.04. The lowest BCUT2D eigenvalue weighted by Gasteiger charge is -2.09. The van der Waals surface area contributed by atoms with Gasteiger partial charge in [-0.2, -0.15) is 0 Å². The molecule has 0 aliphatic carbocycles. The summed E-state index contributed by atoms with van der Waals surface area (Å²) in [6, 6.07) is 9.47. The zero-order valence-corrected chi connectivity index (χ0v) is 11.9. The summed E-state index contributed by atoms with van der Waals surface area (Å²) in [6.07, 6.45) is 8.34. The number of hydrogen-bond acceptors (Lipinski definition) is 3. The molecule has 0 bridgehead atoms. The summed E-state index contributed by atoms with van der Waals surface area (Å²) in [6.45, 7) is 1.23. The highest BCUT2D eigenvalue weighted by molar-refractivity contribution is 6.30. The predicted octanol–water partition coefficient (Wildman–Crippen LogP) is 3.63. The van der Waals surface area contributed by atoms with Crippen LogP contribution in [-0.2, 0) is 0 Å². The number of nitrogens with zero attached hydrogens (tertiary/aromatic N) is 1. The molecule has 0 amide bonds. The van der Waals surface area contributed by atoms with Gasteiger partial charge >= 0.3 is 0 Å². The lowest BCUT2D eigenvalue weighted by Crippen LogP contribution is -2.06. The smallest absolute Gasteiger partial charge is 0.126 e. The highest BCUT2D eigenvalue weighted by Gasteiger charge is 2.02. The van der Waals surface area contributed by atoms with Gasteiger partial charge in [-0.15, -0.1) is 0 Å². The van der Waals surface area contributed by atoms with E-state index in [1.807, 2.05) is 42.5 Å². The van der Waals surface area contributed by atoms with Crippen LogP contribution >= 0.6 is 11.6 Å². The van der Waals surface area contributed by atoms with Crippen molar-refractivity contribution in [2.24, 2.45) is 5.73 Å². The van der Waals surface area contributed by atoms with Gasteiger partial charge in [-0.25, -0.2) is 0 Å². The van der Waals surface area contributed by atoms with Gasteiger partial charge in [-0.1, -0.05) is 23.8 Å². The first-order valence-corrected chi connectivity index (χ1v) is 6.88. The lowest BCUT2D eigenvalue weighted by molar-refractivity contribution is 0.313. The minimum Gasteiger partial charge on any atom is -0.493 e. The molecule has 2 N–H and O–H groups in total. The lowest BCUT2D eigenvalue weighted by atomic mass is 10.1. The molecule has 0 aliphatic heterocycles. The third-order valence-electron chi connectivity index (χ3n) is 2.74. The van der Waals surface area contributed by atoms with Gasteiger partial charge in [0, 0.05) is 23.0 Å². The van der Waals surface area contributed by atoms with Crippen molar-refractivity contribution < 1.29 is 4.74 Å². The Hall–Kier alpha value is -1.84. The molecule has 2 rings (SSSR count). The molecular weight excluding hydrogens is 272 g/mol. The molecule has 0 unspecified atom stereocenters. The van der Waals surface area contributed by atoms with Crippen molar-refractivity contribution in [2.75, 3.05) is 13.2 Å². The molecule has 1 aromatic heterocycles. The second-order valence-corrected chi connectivity index (χ2v) is 4.72. The summed E-state index contributed by atoms with van der Waals surface area (Å²) < 4.78 is 5.72. The van der Waals surface area contributed by atoms with Gasteiger partial charge in [0.05, 0.1) is 6.61 Å². The third kappa shape index (κ3) is 4.37. The Bertz CT molecular complexity index is 570. The summed E-state index contributed by atoms with van der Waals surface area (Å²) in [5, 5.41) is 0.686. The monoisotopic (exact) mass is 288 g/mol. The Labute approximate surface area is 124 Å². The van der Waals surface area contributed by atoms with E-state index >= 15 is 0 Å². The summed E-state index contributed by atoms with van der Waals surface area (Å²) in [7, 11) is 0. The van der Waals surface area contributed by atoms with Crippen LogP contribution in [0.15, 0.2) is 42.7 Å². The average molecular weight is 289 g/mol. The second kappa shape index (κ2) is 7.68. The molecule has 2 aromatic rings. The summed E-state index contributed by atoms with van der Waals surface area (Å²) >= 11 is 6.04. The minimum absolute atomic E-state index is 0.605. The molecule has 0 atom stereocenters. The van der Waals surface area contributed by atoms with Crippen LogP contribution in [-0.4, -0.2) is 18.1 Å². The Morgan fingerprint density at radius 2 is 1.95 bits per heavy atom. The van der Waals surface area contributed by atoms with Crippen molar-refractivity contribution >= 4 is 23.8 Å². The Kier molecular flexibility index (Phi) is 5.59. The van der Waals surface area contributed by atoms with E-state index in [1.54, 1.807) is 12.4 Å². The number of pyridine rings is 1. The van der Waals surface area contributed by atoms with Crippen LogP contribution in [0.5, 0.6) is 5.75 Å². The van der Waals surface area contributed by atoms with Crippen molar-refractivity contribution in [3.63, 3.8) is 0 Å². The molecule has 0 saturated heterocycles. The summed E-state index contributed by atoms with van der Waals surface area (Å²) in [5.41, 5.74) is 7.50. The highest BCUT2D eigenvalue weighted by atomic mass is 35.5. The fourth-order valence-electron chi connectivity index (χ4n) is 1.71. The van der Waals surface area contributed by atoms with E-state index in [-0.39, 0.29) is 0 Å². The number of halogens is 1. The zero-order valence-electron chi connectivity index (χ0n) is 11.1. The Morgan fingerprint density at radius 3 is 2.70 bits per heavy atom. The van der Waals surface area contributed by atoms with Gasteiger partial charge in [0.15, 0.2) is 0 Å². The number of ether oxygens (including phenoxy) is 1. The van der Waals surface area contributed by atoms with E-state index in [9.17, 15) is 0 Å². The first kappa shape index (κ1) is 14.6. The quantitative estimate of drug-likeness (QED) is 0.826. The molecule has 0 spiro atoms. The number of nitrogens with two attached hydrogens (primary N) is 1. The molecule has 0 fully saturated rings. The minimum atomic E-state index is 0.605. The van der Waals surface area contributed by atoms with Crippen LogP contribution in [0.25, 0.3) is 12.2 Å². The van der Waals surface area contributed by atoms with Crippen LogP contribution in [0.2, 0.25) is 5.02 Å². The van der Waals surface area contributed by atoms with E-state index in [2.05, 4.69) is 4.98 Å². The van der Waals surface area contributed by atoms with Crippen LogP contribution in [0.3, 0.4) is 0 Å². The first-order valence-electron chi connectivity index (χ1n) is 6.50. The largest absolute Gasteiger partial charge is 0.493 e. The van der Waals surface area contributed by atoms with E-state index < -0.39 is 0 Å². The number of rotatable bonds is 6. The SMILES string of the molecule is NCCCOc1ccc(Cl)cc1/C=C/c1ccncc1. The van der Waals surface area contributed by atoms with Crippen LogP contribution < -0.4 is 10.5 Å². The standard InChI is InChI=1S/C16H17ClN2O/c17-15-4-5-16(20-11-1-8-18)14(12-15)3-2-13-6-9-19-10-7-13/h2-7,9-10,12H,1,8,11,18H2/b3-2+. The molecule has 4 heteroatoms. The molecule has 1 aromatic carbocycles. The van der Waals surface area contributed by atoms with Crippen LogP contribution in [0.1, 0.15) is 17.5 Å². The van der Waals surface area contributed by atoms with Crippen molar-refractivity contribution in [1.82, 2.24) is 4.98 Å². The molecule has 20 heavy (non-hydrogen) atoms. The van der Waals surface area contributed by atoms with Gasteiger partial charge < -0.3 is 10.5 Å². The molecule has 1 heterocycles. The number of benzene rings is 1. The molecule has 104 valence electrons. The molecular formula is C16H17ClN2O. The Balaban J connectivity index is 2.16. The van der Waals surface area contributed by atoms with Crippen LogP contribution in [0.4, 0.5) is 0 Å². The van der Waals surface area contributed by atoms with E-state index in [4.69, 9.17) is 22.1 Å². The first-order chi connectivity index (χ1) is 9.79. The normalized spacial score (nSPS) is 10.9. The molecule has 0 aliphatic rings. The van der Waals surface area contributed by atoms with Crippen molar-refractivity contribution in [1.29, 1.82) is 0 Å². The molecule has 0 radical (unpaired) electrons. The fourth-order valence-corrected chi connectivity index (χ4v) is 1.89. The zero-order chi connectivity index (χ0) is 14.2. The number of hydrogen-bond donors (Lipinski definition) is 1. The van der Waals surface area contributed by atoms with E-state index in [0.29, 0.717) is 18.2 Å². The fraction of sp³-hybridized carbons (Fsp3) is 0.188. The summed E-state index contributed by atoms with van der Waals surface area (Å²) in [5.74, 6) is 0.813. The van der Waals surface area contributed by atoms with Crippen molar-refractivity contribution in [2.45, 2.75) is 6.42 Å². The van der Waals surface area contributed by atoms with Crippen molar-refractivity contribution in [3.05, 3.63) is 58.9 Å². The average Bonchev–Trinajstić information content (AvgIpc) is 2.48. The Morgan fingerprint density at radius 1 is 1.15 bits per heavy atom. The summed E-state index contributed by atoms with van der Waals surface area (Å²) in [4.78, 5) is 3.99. The predicted molar refractivity (Wildman–Crippen MR) is 83.8 cm³/mol. The number of aromatic nitrogens is 1. The van der Waals surface area contributed by atoms with Crippen molar-refractivity contribution in [3.8, 4) is 5.75 Å². The molecule has 0 saturated carbocycles. The van der Waals surface area contributed by atoms with Gasteiger partial charge in [0.1, 0.15) is 5.75 Å². The van der Waals surface area contributed by atoms with Crippen LogP contribution in [0, 0.1) is 0 Å². The topological polar surface area (TPSA) is 48.1 Å².